The Balaban J connectivity index is 2.05. The Hall–Kier alpha value is -2.21. The van der Waals surface area contributed by atoms with Gasteiger partial charge in [-0.05, 0) is 24.3 Å². The van der Waals surface area contributed by atoms with Crippen LogP contribution in [0.5, 0.6) is 0 Å². The van der Waals surface area contributed by atoms with Crippen molar-refractivity contribution in [1.82, 2.24) is 4.98 Å². The molecule has 2 nitrogen and oxygen atoms in total. The quantitative estimate of drug-likeness (QED) is 0.449. The Bertz CT molecular complexity index is 870. The van der Waals surface area contributed by atoms with Crippen molar-refractivity contribution in [1.29, 1.82) is 0 Å². The molecule has 0 amide bonds. The molecule has 0 aliphatic rings. The van der Waals surface area contributed by atoms with E-state index in [1.807, 2.05) is 36.4 Å². The third kappa shape index (κ3) is 3.96. The number of fused-ring (bicyclic) bond motifs is 1. The molecule has 3 rings (SSSR count). The summed E-state index contributed by atoms with van der Waals surface area (Å²) >= 11 is 3.33. The van der Waals surface area contributed by atoms with E-state index in [2.05, 4.69) is 25.6 Å². The SMILES string of the molecule is FB(F)O/C(=C\c1ccc2ccccc2n1)c1cccc(Br)c1. The van der Waals surface area contributed by atoms with E-state index in [1.165, 1.54) is 6.08 Å². The number of rotatable bonds is 4. The highest BCUT2D eigenvalue weighted by Gasteiger charge is 2.20. The molecule has 0 aliphatic carbocycles. The fourth-order valence-electron chi connectivity index (χ4n) is 2.22. The zero-order valence-electron chi connectivity index (χ0n) is 11.9. The van der Waals surface area contributed by atoms with Crippen molar-refractivity contribution in [2.45, 2.75) is 0 Å². The molecule has 0 unspecified atom stereocenters. The number of hydrogen-bond donors (Lipinski definition) is 0. The Morgan fingerprint density at radius 1 is 1.04 bits per heavy atom. The van der Waals surface area contributed by atoms with E-state index in [9.17, 15) is 8.63 Å². The lowest BCUT2D eigenvalue weighted by molar-refractivity contribution is 0.398. The Morgan fingerprint density at radius 3 is 2.65 bits per heavy atom. The van der Waals surface area contributed by atoms with Crippen molar-refractivity contribution >= 4 is 46.1 Å². The van der Waals surface area contributed by atoms with Crippen LogP contribution in [0.15, 0.2) is 65.1 Å². The average molecular weight is 374 g/mol. The molecule has 0 atom stereocenters. The van der Waals surface area contributed by atoms with Crippen molar-refractivity contribution in [3.8, 4) is 0 Å². The molecule has 0 N–H and O–H groups in total. The molecule has 0 saturated carbocycles. The normalized spacial score (nSPS) is 11.5. The first-order chi connectivity index (χ1) is 11.1. The number of hydrogen-bond acceptors (Lipinski definition) is 2. The monoisotopic (exact) mass is 373 g/mol. The second kappa shape index (κ2) is 6.92. The summed E-state index contributed by atoms with van der Waals surface area (Å²) in [6.07, 6.45) is 1.51. The number of halogens is 3. The summed E-state index contributed by atoms with van der Waals surface area (Å²) in [6, 6.07) is 18.3. The number of para-hydroxylation sites is 1. The highest BCUT2D eigenvalue weighted by molar-refractivity contribution is 9.10. The molecule has 0 spiro atoms. The van der Waals surface area contributed by atoms with Crippen molar-refractivity contribution in [3.63, 3.8) is 0 Å². The van der Waals surface area contributed by atoms with Crippen LogP contribution in [0.4, 0.5) is 8.63 Å². The Morgan fingerprint density at radius 2 is 1.87 bits per heavy atom. The predicted octanol–water partition coefficient (Wildman–Crippen LogP) is 5.44. The molecule has 0 aliphatic heterocycles. The van der Waals surface area contributed by atoms with Gasteiger partial charge in [-0.15, -0.1) is 0 Å². The van der Waals surface area contributed by atoms with Crippen LogP contribution in [0.25, 0.3) is 22.7 Å². The maximum Gasteiger partial charge on any atom is 0.796 e. The van der Waals surface area contributed by atoms with Gasteiger partial charge in [0.1, 0.15) is 5.76 Å². The lowest BCUT2D eigenvalue weighted by Gasteiger charge is -2.09. The largest absolute Gasteiger partial charge is 0.796 e. The van der Waals surface area contributed by atoms with Gasteiger partial charge in [0.15, 0.2) is 0 Å². The molecule has 3 aromatic rings. The maximum absolute atomic E-state index is 12.7. The molecule has 1 heterocycles. The number of nitrogens with zero attached hydrogens (tertiary/aromatic N) is 1. The molecule has 0 bridgehead atoms. The lowest BCUT2D eigenvalue weighted by atomic mass is 10.1. The van der Waals surface area contributed by atoms with Gasteiger partial charge in [0.25, 0.3) is 0 Å². The van der Waals surface area contributed by atoms with Crippen LogP contribution < -0.4 is 0 Å². The summed E-state index contributed by atoms with van der Waals surface area (Å²) in [6.45, 7) is 0. The van der Waals surface area contributed by atoms with Gasteiger partial charge in [0.2, 0.25) is 0 Å². The molecule has 0 radical (unpaired) electrons. The fourth-order valence-corrected chi connectivity index (χ4v) is 2.62. The van der Waals surface area contributed by atoms with E-state index in [0.29, 0.717) is 11.3 Å². The van der Waals surface area contributed by atoms with Gasteiger partial charge >= 0.3 is 7.47 Å². The minimum Gasteiger partial charge on any atom is -0.505 e. The summed E-state index contributed by atoms with van der Waals surface area (Å²) in [4.78, 5) is 4.46. The van der Waals surface area contributed by atoms with Gasteiger partial charge in [0, 0.05) is 21.5 Å². The average Bonchev–Trinajstić information content (AvgIpc) is 2.54. The van der Waals surface area contributed by atoms with Crippen LogP contribution in [0.3, 0.4) is 0 Å². The molecule has 114 valence electrons. The number of benzene rings is 2. The van der Waals surface area contributed by atoms with Crippen molar-refractivity contribution in [2.75, 3.05) is 0 Å². The Kier molecular flexibility index (Phi) is 4.72. The predicted molar refractivity (Wildman–Crippen MR) is 92.8 cm³/mol. The van der Waals surface area contributed by atoms with Crippen molar-refractivity contribution in [3.05, 3.63) is 76.4 Å². The number of aromatic nitrogens is 1. The van der Waals surface area contributed by atoms with Gasteiger partial charge < -0.3 is 4.65 Å². The fraction of sp³-hybridized carbons (Fsp3) is 0. The van der Waals surface area contributed by atoms with E-state index in [4.69, 9.17) is 0 Å². The van der Waals surface area contributed by atoms with E-state index < -0.39 is 7.47 Å². The number of pyridine rings is 1. The zero-order chi connectivity index (χ0) is 16.2. The molecular weight excluding hydrogens is 363 g/mol. The highest BCUT2D eigenvalue weighted by atomic mass is 79.9. The first kappa shape index (κ1) is 15.7. The minimum absolute atomic E-state index is 0.0732. The first-order valence-corrected chi connectivity index (χ1v) is 7.69. The summed E-state index contributed by atoms with van der Waals surface area (Å²) in [5.41, 5.74) is 1.90. The topological polar surface area (TPSA) is 22.1 Å². The van der Waals surface area contributed by atoms with Crippen LogP contribution in [-0.2, 0) is 4.65 Å². The van der Waals surface area contributed by atoms with E-state index in [-0.39, 0.29) is 5.76 Å². The summed E-state index contributed by atoms with van der Waals surface area (Å²) in [5, 5.41) is 0.989. The van der Waals surface area contributed by atoms with Crippen LogP contribution >= 0.6 is 15.9 Å². The summed E-state index contributed by atoms with van der Waals surface area (Å²) in [5.74, 6) is 0.0732. The summed E-state index contributed by atoms with van der Waals surface area (Å²) in [7, 11) is -2.90. The van der Waals surface area contributed by atoms with Gasteiger partial charge in [-0.3, -0.25) is 0 Å². The smallest absolute Gasteiger partial charge is 0.505 e. The molecule has 23 heavy (non-hydrogen) atoms. The molecule has 6 heteroatoms. The van der Waals surface area contributed by atoms with Crippen LogP contribution in [0.1, 0.15) is 11.3 Å². The molecule has 0 fully saturated rings. The van der Waals surface area contributed by atoms with Gasteiger partial charge in [-0.1, -0.05) is 52.3 Å². The second-order valence-corrected chi connectivity index (χ2v) is 5.74. The van der Waals surface area contributed by atoms with Crippen LogP contribution in [-0.4, -0.2) is 12.5 Å². The van der Waals surface area contributed by atoms with E-state index in [1.54, 1.807) is 24.3 Å². The van der Waals surface area contributed by atoms with Crippen LogP contribution in [0.2, 0.25) is 0 Å². The molecule has 1 aromatic heterocycles. The molecule has 0 saturated heterocycles. The third-order valence-corrected chi connectivity index (χ3v) is 3.72. The second-order valence-electron chi connectivity index (χ2n) is 4.83. The van der Waals surface area contributed by atoms with Gasteiger partial charge in [-0.2, -0.15) is 0 Å². The first-order valence-electron chi connectivity index (χ1n) is 6.90. The van der Waals surface area contributed by atoms with Crippen LogP contribution in [0, 0.1) is 0 Å². The molecular formula is C17H11BBrF2NO. The standard InChI is InChI=1S/C17H11BBrF2NO/c19-14-6-3-5-13(10-14)17(23-18(20)21)11-15-9-8-12-4-1-2-7-16(12)22-15/h1-11H/b17-11-. The van der Waals surface area contributed by atoms with Gasteiger partial charge in [0.05, 0.1) is 11.2 Å². The van der Waals surface area contributed by atoms with Gasteiger partial charge in [-0.25, -0.2) is 13.6 Å². The minimum atomic E-state index is -2.90. The van der Waals surface area contributed by atoms with Crippen molar-refractivity contribution < 1.29 is 13.3 Å². The lowest BCUT2D eigenvalue weighted by Crippen LogP contribution is -2.04. The van der Waals surface area contributed by atoms with Crippen molar-refractivity contribution in [2.24, 2.45) is 0 Å². The Labute approximate surface area is 141 Å². The highest BCUT2D eigenvalue weighted by Crippen LogP contribution is 2.24. The van der Waals surface area contributed by atoms with E-state index >= 15 is 0 Å². The third-order valence-electron chi connectivity index (χ3n) is 3.22. The maximum atomic E-state index is 12.7. The zero-order valence-corrected chi connectivity index (χ0v) is 13.5. The summed E-state index contributed by atoms with van der Waals surface area (Å²) < 4.78 is 30.9. The van der Waals surface area contributed by atoms with E-state index in [0.717, 1.165) is 15.4 Å². The molecule has 2 aromatic carbocycles.